The minimum atomic E-state index is -0.528. The highest BCUT2D eigenvalue weighted by atomic mass is 32.2. The lowest BCUT2D eigenvalue weighted by Gasteiger charge is -2.08. The summed E-state index contributed by atoms with van der Waals surface area (Å²) < 4.78 is 4.56. The van der Waals surface area contributed by atoms with E-state index in [0.29, 0.717) is 6.42 Å². The molecule has 0 bridgehead atoms. The lowest BCUT2D eigenvalue weighted by Crippen LogP contribution is -2.31. The molecule has 0 aliphatic rings. The fourth-order valence-electron chi connectivity index (χ4n) is 1.41. The standard InChI is InChI=1S/C13H19NO3S/c1-17-13(16)12(14)6-7-18-9-11-4-2-10(8-15)3-5-11/h2-5,12,15H,6-9,14H2,1H3. The van der Waals surface area contributed by atoms with E-state index >= 15 is 0 Å². The van der Waals surface area contributed by atoms with Gasteiger partial charge in [-0.15, -0.1) is 0 Å². The number of esters is 1. The Morgan fingerprint density at radius 1 is 1.39 bits per heavy atom. The van der Waals surface area contributed by atoms with Crippen molar-refractivity contribution in [2.45, 2.75) is 24.8 Å². The summed E-state index contributed by atoms with van der Waals surface area (Å²) in [5.41, 5.74) is 7.74. The van der Waals surface area contributed by atoms with Gasteiger partial charge in [-0.05, 0) is 23.3 Å². The van der Waals surface area contributed by atoms with Gasteiger partial charge in [-0.25, -0.2) is 0 Å². The molecule has 0 radical (unpaired) electrons. The van der Waals surface area contributed by atoms with Gasteiger partial charge in [0.2, 0.25) is 0 Å². The number of hydrogen-bond acceptors (Lipinski definition) is 5. The molecule has 5 heteroatoms. The summed E-state index contributed by atoms with van der Waals surface area (Å²) in [7, 11) is 1.35. The third kappa shape index (κ3) is 5.08. The van der Waals surface area contributed by atoms with Gasteiger partial charge in [-0.2, -0.15) is 11.8 Å². The Morgan fingerprint density at radius 2 is 2.00 bits per heavy atom. The van der Waals surface area contributed by atoms with Gasteiger partial charge in [0, 0.05) is 5.75 Å². The van der Waals surface area contributed by atoms with E-state index in [2.05, 4.69) is 4.74 Å². The Hall–Kier alpha value is -1.04. The van der Waals surface area contributed by atoms with Crippen LogP contribution in [0.5, 0.6) is 0 Å². The molecule has 1 unspecified atom stereocenters. The Labute approximate surface area is 112 Å². The number of thioether (sulfide) groups is 1. The quantitative estimate of drug-likeness (QED) is 0.576. The molecule has 1 aromatic carbocycles. The fraction of sp³-hybridized carbons (Fsp3) is 0.462. The van der Waals surface area contributed by atoms with Crippen molar-refractivity contribution in [1.29, 1.82) is 0 Å². The van der Waals surface area contributed by atoms with Gasteiger partial charge in [-0.1, -0.05) is 24.3 Å². The zero-order valence-electron chi connectivity index (χ0n) is 10.5. The Kier molecular flexibility index (Phi) is 6.78. The van der Waals surface area contributed by atoms with Crippen LogP contribution in [-0.2, 0) is 21.9 Å². The number of aliphatic hydroxyl groups excluding tert-OH is 1. The second-order valence-electron chi connectivity index (χ2n) is 3.95. The Morgan fingerprint density at radius 3 is 2.56 bits per heavy atom. The molecule has 0 saturated heterocycles. The van der Waals surface area contributed by atoms with E-state index in [9.17, 15) is 4.79 Å². The van der Waals surface area contributed by atoms with Crippen LogP contribution in [0, 0.1) is 0 Å². The number of carbonyl (C=O) groups excluding carboxylic acids is 1. The maximum Gasteiger partial charge on any atom is 0.322 e. The molecular formula is C13H19NO3S. The topological polar surface area (TPSA) is 72.5 Å². The van der Waals surface area contributed by atoms with Crippen LogP contribution in [0.1, 0.15) is 17.5 Å². The normalized spacial score (nSPS) is 12.2. The van der Waals surface area contributed by atoms with Crippen molar-refractivity contribution in [3.8, 4) is 0 Å². The van der Waals surface area contributed by atoms with Crippen molar-refractivity contribution in [2.75, 3.05) is 12.9 Å². The molecule has 4 nitrogen and oxygen atoms in total. The summed E-state index contributed by atoms with van der Waals surface area (Å²) in [5, 5.41) is 8.92. The van der Waals surface area contributed by atoms with E-state index < -0.39 is 6.04 Å². The molecular weight excluding hydrogens is 250 g/mol. The zero-order valence-corrected chi connectivity index (χ0v) is 11.3. The number of hydrogen-bond donors (Lipinski definition) is 2. The number of methoxy groups -OCH3 is 1. The minimum Gasteiger partial charge on any atom is -0.468 e. The summed E-state index contributed by atoms with van der Waals surface area (Å²) in [6.45, 7) is 0.0708. The van der Waals surface area contributed by atoms with Crippen LogP contribution in [0.4, 0.5) is 0 Å². The SMILES string of the molecule is COC(=O)C(N)CCSCc1ccc(CO)cc1. The maximum absolute atomic E-state index is 11.1. The van der Waals surface area contributed by atoms with Crippen molar-refractivity contribution >= 4 is 17.7 Å². The second kappa shape index (κ2) is 8.13. The van der Waals surface area contributed by atoms with E-state index in [0.717, 1.165) is 17.1 Å². The monoisotopic (exact) mass is 269 g/mol. The molecule has 100 valence electrons. The predicted molar refractivity (Wildman–Crippen MR) is 73.1 cm³/mol. The molecule has 0 aliphatic carbocycles. The predicted octanol–water partition coefficient (Wildman–Crippen LogP) is 1.30. The molecule has 1 rings (SSSR count). The van der Waals surface area contributed by atoms with Gasteiger partial charge in [0.15, 0.2) is 0 Å². The molecule has 0 heterocycles. The zero-order chi connectivity index (χ0) is 13.4. The van der Waals surface area contributed by atoms with E-state index in [1.165, 1.54) is 12.7 Å². The number of nitrogens with two attached hydrogens (primary N) is 1. The molecule has 3 N–H and O–H groups in total. The first-order valence-electron chi connectivity index (χ1n) is 5.77. The summed E-state index contributed by atoms with van der Waals surface area (Å²) in [4.78, 5) is 11.1. The largest absolute Gasteiger partial charge is 0.468 e. The van der Waals surface area contributed by atoms with Gasteiger partial charge < -0.3 is 15.6 Å². The van der Waals surface area contributed by atoms with Crippen LogP contribution in [0.2, 0.25) is 0 Å². The molecule has 0 saturated carbocycles. The number of aliphatic hydroxyl groups is 1. The molecule has 0 aromatic heterocycles. The highest BCUT2D eigenvalue weighted by Gasteiger charge is 2.12. The Bertz CT molecular complexity index is 367. The summed E-state index contributed by atoms with van der Waals surface area (Å²) in [6.07, 6.45) is 0.617. The lowest BCUT2D eigenvalue weighted by molar-refractivity contribution is -0.142. The van der Waals surface area contributed by atoms with Gasteiger partial charge >= 0.3 is 5.97 Å². The van der Waals surface area contributed by atoms with E-state index in [1.54, 1.807) is 11.8 Å². The number of ether oxygens (including phenoxy) is 1. The fourth-order valence-corrected chi connectivity index (χ4v) is 2.40. The van der Waals surface area contributed by atoms with Crippen molar-refractivity contribution in [1.82, 2.24) is 0 Å². The van der Waals surface area contributed by atoms with Crippen LogP contribution in [-0.4, -0.2) is 30.0 Å². The van der Waals surface area contributed by atoms with E-state index in [1.807, 2.05) is 24.3 Å². The van der Waals surface area contributed by atoms with Crippen LogP contribution >= 0.6 is 11.8 Å². The van der Waals surface area contributed by atoms with Gasteiger partial charge in [-0.3, -0.25) is 4.79 Å². The van der Waals surface area contributed by atoms with Gasteiger partial charge in [0.25, 0.3) is 0 Å². The lowest BCUT2D eigenvalue weighted by atomic mass is 10.2. The first-order chi connectivity index (χ1) is 8.67. The van der Waals surface area contributed by atoms with Crippen LogP contribution in [0.15, 0.2) is 24.3 Å². The van der Waals surface area contributed by atoms with Crippen LogP contribution < -0.4 is 5.73 Å². The molecule has 0 amide bonds. The van der Waals surface area contributed by atoms with Crippen molar-refractivity contribution in [2.24, 2.45) is 5.73 Å². The maximum atomic E-state index is 11.1. The third-order valence-corrected chi connectivity index (χ3v) is 3.61. The van der Waals surface area contributed by atoms with Crippen LogP contribution in [0.3, 0.4) is 0 Å². The average Bonchev–Trinajstić information content (AvgIpc) is 2.43. The number of benzene rings is 1. The first-order valence-corrected chi connectivity index (χ1v) is 6.92. The van der Waals surface area contributed by atoms with Crippen molar-refractivity contribution in [3.05, 3.63) is 35.4 Å². The highest BCUT2D eigenvalue weighted by Crippen LogP contribution is 2.14. The van der Waals surface area contributed by atoms with Gasteiger partial charge in [0.1, 0.15) is 6.04 Å². The molecule has 1 aromatic rings. The van der Waals surface area contributed by atoms with Crippen molar-refractivity contribution < 1.29 is 14.6 Å². The summed E-state index contributed by atoms with van der Waals surface area (Å²) in [5.74, 6) is 1.33. The second-order valence-corrected chi connectivity index (χ2v) is 5.05. The first kappa shape index (κ1) is 15.0. The smallest absolute Gasteiger partial charge is 0.322 e. The summed E-state index contributed by atoms with van der Waals surface area (Å²) >= 11 is 1.73. The average molecular weight is 269 g/mol. The third-order valence-electron chi connectivity index (χ3n) is 2.55. The van der Waals surface area contributed by atoms with Crippen molar-refractivity contribution in [3.63, 3.8) is 0 Å². The minimum absolute atomic E-state index is 0.0708. The van der Waals surface area contributed by atoms with Gasteiger partial charge in [0.05, 0.1) is 13.7 Å². The molecule has 18 heavy (non-hydrogen) atoms. The van der Waals surface area contributed by atoms with E-state index in [-0.39, 0.29) is 12.6 Å². The van der Waals surface area contributed by atoms with Crippen LogP contribution in [0.25, 0.3) is 0 Å². The Balaban J connectivity index is 2.23. The molecule has 0 fully saturated rings. The number of carbonyl (C=O) groups is 1. The van der Waals surface area contributed by atoms with E-state index in [4.69, 9.17) is 10.8 Å². The molecule has 0 spiro atoms. The molecule has 0 aliphatic heterocycles. The number of rotatable bonds is 7. The molecule has 1 atom stereocenters. The summed E-state index contributed by atoms with van der Waals surface area (Å²) in [6, 6.07) is 7.29. The highest BCUT2D eigenvalue weighted by molar-refractivity contribution is 7.98.